The summed E-state index contributed by atoms with van der Waals surface area (Å²) >= 11 is 5.60. The van der Waals surface area contributed by atoms with E-state index in [-0.39, 0.29) is 0 Å². The van der Waals surface area contributed by atoms with Crippen LogP contribution in [-0.2, 0) is 6.54 Å². The first-order valence-electron chi connectivity index (χ1n) is 3.78. The van der Waals surface area contributed by atoms with E-state index in [1.165, 1.54) is 0 Å². The molecule has 5 heteroatoms. The standard InChI is InChI=1S/C8H7ClN4/c9-8-2-1-7(11-12-8)5-13-4-3-10-6-13/h1-4,6H,5H2. The van der Waals surface area contributed by atoms with Gasteiger partial charge < -0.3 is 4.57 Å². The molecule has 0 aliphatic heterocycles. The number of imidazole rings is 1. The summed E-state index contributed by atoms with van der Waals surface area (Å²) in [5.41, 5.74) is 0.863. The third-order valence-electron chi connectivity index (χ3n) is 1.59. The van der Waals surface area contributed by atoms with Gasteiger partial charge in [-0.2, -0.15) is 5.10 Å². The van der Waals surface area contributed by atoms with Gasteiger partial charge in [-0.3, -0.25) is 0 Å². The molecule has 2 aromatic rings. The Kier molecular flexibility index (Phi) is 2.23. The normalized spacial score (nSPS) is 10.2. The number of aromatic nitrogens is 4. The van der Waals surface area contributed by atoms with E-state index < -0.39 is 0 Å². The SMILES string of the molecule is Clc1ccc(Cn2ccnc2)nn1. The molecule has 2 heterocycles. The molecular weight excluding hydrogens is 188 g/mol. The van der Waals surface area contributed by atoms with Gasteiger partial charge >= 0.3 is 0 Å². The predicted molar refractivity (Wildman–Crippen MR) is 48.4 cm³/mol. The van der Waals surface area contributed by atoms with Crippen molar-refractivity contribution in [1.82, 2.24) is 19.7 Å². The van der Waals surface area contributed by atoms with Crippen LogP contribution in [0.3, 0.4) is 0 Å². The molecule has 0 saturated carbocycles. The minimum absolute atomic E-state index is 0.411. The zero-order valence-corrected chi connectivity index (χ0v) is 7.52. The van der Waals surface area contributed by atoms with Crippen molar-refractivity contribution in [1.29, 1.82) is 0 Å². The summed E-state index contributed by atoms with van der Waals surface area (Å²) < 4.78 is 1.91. The number of hydrogen-bond donors (Lipinski definition) is 0. The van der Waals surface area contributed by atoms with E-state index in [2.05, 4.69) is 15.2 Å². The largest absolute Gasteiger partial charge is 0.331 e. The van der Waals surface area contributed by atoms with E-state index >= 15 is 0 Å². The maximum Gasteiger partial charge on any atom is 0.151 e. The van der Waals surface area contributed by atoms with E-state index in [1.807, 2.05) is 16.8 Å². The highest BCUT2D eigenvalue weighted by molar-refractivity contribution is 6.29. The third kappa shape index (κ3) is 2.03. The monoisotopic (exact) mass is 194 g/mol. The Morgan fingerprint density at radius 2 is 2.23 bits per heavy atom. The van der Waals surface area contributed by atoms with E-state index in [9.17, 15) is 0 Å². The van der Waals surface area contributed by atoms with Crippen LogP contribution in [-0.4, -0.2) is 19.7 Å². The van der Waals surface area contributed by atoms with Crippen LogP contribution in [0.5, 0.6) is 0 Å². The Morgan fingerprint density at radius 3 is 2.85 bits per heavy atom. The van der Waals surface area contributed by atoms with Crippen LogP contribution in [0.2, 0.25) is 5.15 Å². The van der Waals surface area contributed by atoms with Gasteiger partial charge in [-0.15, -0.1) is 5.10 Å². The van der Waals surface area contributed by atoms with Crippen LogP contribution in [0.4, 0.5) is 0 Å². The molecule has 2 aromatic heterocycles. The molecule has 0 atom stereocenters. The lowest BCUT2D eigenvalue weighted by atomic mass is 10.4. The quantitative estimate of drug-likeness (QED) is 0.726. The van der Waals surface area contributed by atoms with Crippen molar-refractivity contribution < 1.29 is 0 Å². The molecular formula is C8H7ClN4. The highest BCUT2D eigenvalue weighted by Gasteiger charge is 1.96. The number of halogens is 1. The fourth-order valence-corrected chi connectivity index (χ4v) is 1.10. The lowest BCUT2D eigenvalue weighted by molar-refractivity contribution is 0.752. The van der Waals surface area contributed by atoms with Crippen molar-refractivity contribution in [3.05, 3.63) is 41.7 Å². The highest BCUT2D eigenvalue weighted by Crippen LogP contribution is 2.03. The summed E-state index contributed by atoms with van der Waals surface area (Å²) in [4.78, 5) is 3.92. The number of rotatable bonds is 2. The first-order chi connectivity index (χ1) is 6.34. The molecule has 0 aliphatic rings. The number of hydrogen-bond acceptors (Lipinski definition) is 3. The summed E-state index contributed by atoms with van der Waals surface area (Å²) in [5.74, 6) is 0. The topological polar surface area (TPSA) is 43.6 Å². The van der Waals surface area contributed by atoms with Crippen LogP contribution < -0.4 is 0 Å². The molecule has 66 valence electrons. The van der Waals surface area contributed by atoms with Crippen molar-refractivity contribution in [2.75, 3.05) is 0 Å². The molecule has 13 heavy (non-hydrogen) atoms. The second kappa shape index (κ2) is 3.53. The van der Waals surface area contributed by atoms with Crippen molar-refractivity contribution >= 4 is 11.6 Å². The molecule has 0 spiro atoms. The molecule has 0 bridgehead atoms. The first-order valence-corrected chi connectivity index (χ1v) is 4.16. The van der Waals surface area contributed by atoms with Crippen LogP contribution in [0.15, 0.2) is 30.9 Å². The predicted octanol–water partition coefficient (Wildman–Crippen LogP) is 1.37. The van der Waals surface area contributed by atoms with E-state index in [0.717, 1.165) is 5.69 Å². The second-order valence-corrected chi connectivity index (χ2v) is 2.97. The molecule has 4 nitrogen and oxygen atoms in total. The zero-order chi connectivity index (χ0) is 9.10. The molecule has 0 N–H and O–H groups in total. The van der Waals surface area contributed by atoms with E-state index in [0.29, 0.717) is 11.7 Å². The van der Waals surface area contributed by atoms with Gasteiger partial charge in [0.15, 0.2) is 5.15 Å². The Balaban J connectivity index is 2.15. The summed E-state index contributed by atoms with van der Waals surface area (Å²) in [6.07, 6.45) is 5.33. The van der Waals surface area contributed by atoms with Gasteiger partial charge in [0.25, 0.3) is 0 Å². The fraction of sp³-hybridized carbons (Fsp3) is 0.125. The molecule has 2 rings (SSSR count). The van der Waals surface area contributed by atoms with E-state index in [4.69, 9.17) is 11.6 Å². The lowest BCUT2D eigenvalue weighted by Crippen LogP contribution is -2.00. The average Bonchev–Trinajstić information content (AvgIpc) is 2.62. The van der Waals surface area contributed by atoms with Crippen molar-refractivity contribution in [2.45, 2.75) is 6.54 Å². The average molecular weight is 195 g/mol. The molecule has 0 amide bonds. The van der Waals surface area contributed by atoms with Gasteiger partial charge in [-0.25, -0.2) is 4.98 Å². The van der Waals surface area contributed by atoms with Crippen molar-refractivity contribution in [3.63, 3.8) is 0 Å². The second-order valence-electron chi connectivity index (χ2n) is 2.58. The fourth-order valence-electron chi connectivity index (χ4n) is 0.995. The minimum Gasteiger partial charge on any atom is -0.331 e. The summed E-state index contributed by atoms with van der Waals surface area (Å²) in [7, 11) is 0. The lowest BCUT2D eigenvalue weighted by Gasteiger charge is -1.99. The highest BCUT2D eigenvalue weighted by atomic mass is 35.5. The molecule has 0 radical (unpaired) electrons. The van der Waals surface area contributed by atoms with Crippen LogP contribution in [0.25, 0.3) is 0 Å². The van der Waals surface area contributed by atoms with Gasteiger partial charge in [-0.05, 0) is 12.1 Å². The Hall–Kier alpha value is -1.42. The van der Waals surface area contributed by atoms with Gasteiger partial charge in [0, 0.05) is 12.4 Å². The van der Waals surface area contributed by atoms with E-state index in [1.54, 1.807) is 18.6 Å². The molecule has 0 aromatic carbocycles. The minimum atomic E-state index is 0.411. The molecule has 0 fully saturated rings. The van der Waals surface area contributed by atoms with Gasteiger partial charge in [-0.1, -0.05) is 11.6 Å². The maximum absolute atomic E-state index is 5.60. The van der Waals surface area contributed by atoms with Crippen molar-refractivity contribution in [2.24, 2.45) is 0 Å². The Labute approximate surface area is 80.2 Å². The summed E-state index contributed by atoms with van der Waals surface area (Å²) in [5, 5.41) is 8.08. The van der Waals surface area contributed by atoms with Crippen molar-refractivity contribution in [3.8, 4) is 0 Å². The van der Waals surface area contributed by atoms with Gasteiger partial charge in [0.1, 0.15) is 0 Å². The van der Waals surface area contributed by atoms with Crippen LogP contribution in [0.1, 0.15) is 5.69 Å². The molecule has 0 saturated heterocycles. The zero-order valence-electron chi connectivity index (χ0n) is 6.76. The summed E-state index contributed by atoms with van der Waals surface area (Å²) in [6.45, 7) is 0.671. The smallest absolute Gasteiger partial charge is 0.151 e. The van der Waals surface area contributed by atoms with Crippen LogP contribution in [0, 0.1) is 0 Å². The first kappa shape index (κ1) is 8.19. The molecule has 0 unspecified atom stereocenters. The Morgan fingerprint density at radius 1 is 1.31 bits per heavy atom. The van der Waals surface area contributed by atoms with Gasteiger partial charge in [0.05, 0.1) is 18.6 Å². The van der Waals surface area contributed by atoms with Gasteiger partial charge in [0.2, 0.25) is 0 Å². The maximum atomic E-state index is 5.60. The Bertz CT molecular complexity index is 368. The number of nitrogens with zero attached hydrogens (tertiary/aromatic N) is 4. The third-order valence-corrected chi connectivity index (χ3v) is 1.79. The van der Waals surface area contributed by atoms with Crippen LogP contribution >= 0.6 is 11.6 Å². The summed E-state index contributed by atoms with van der Waals surface area (Å²) in [6, 6.07) is 3.57. The molecule has 0 aliphatic carbocycles.